The highest BCUT2D eigenvalue weighted by atomic mass is 16.1. The van der Waals surface area contributed by atoms with Crippen LogP contribution >= 0.6 is 0 Å². The van der Waals surface area contributed by atoms with Gasteiger partial charge in [0, 0.05) is 43.4 Å². The number of carbonyl (C=O) groups excluding carboxylic acids is 1. The van der Waals surface area contributed by atoms with Crippen LogP contribution in [0.1, 0.15) is 40.5 Å². The Balaban J connectivity index is 2.34. The van der Waals surface area contributed by atoms with Gasteiger partial charge in [-0.05, 0) is 33.6 Å². The predicted molar refractivity (Wildman–Crippen MR) is 74.3 cm³/mol. The maximum Gasteiger partial charge on any atom is 0.177 e. The minimum absolute atomic E-state index is 0.0827. The molecule has 1 saturated carbocycles. The molecule has 0 radical (unpaired) electrons. The summed E-state index contributed by atoms with van der Waals surface area (Å²) in [6.45, 7) is 8.90. The lowest BCUT2D eigenvalue weighted by Gasteiger charge is -2.44. The van der Waals surface area contributed by atoms with Crippen molar-refractivity contribution in [2.24, 2.45) is 5.92 Å². The molecule has 3 atom stereocenters. The van der Waals surface area contributed by atoms with Gasteiger partial charge in [0.1, 0.15) is 0 Å². The lowest BCUT2D eigenvalue weighted by molar-refractivity contribution is -0.123. The first-order valence-corrected chi connectivity index (χ1v) is 6.98. The maximum atomic E-state index is 12.5. The minimum Gasteiger partial charge on any atom is -0.383 e. The molecule has 3 heteroatoms. The molecule has 0 spiro atoms. The van der Waals surface area contributed by atoms with E-state index in [1.165, 1.54) is 0 Å². The van der Waals surface area contributed by atoms with Gasteiger partial charge in [-0.2, -0.15) is 0 Å². The molecule has 0 aromatic heterocycles. The van der Waals surface area contributed by atoms with Gasteiger partial charge in [-0.3, -0.25) is 9.69 Å². The van der Waals surface area contributed by atoms with Crippen LogP contribution in [0.2, 0.25) is 0 Å². The highest BCUT2D eigenvalue weighted by molar-refractivity contribution is 6.03. The standard InChI is InChI=1S/C15H26N2O/c1-7-12-10-8-13(17(12)15(2,3)4)14(18)11(10)9-16(5)6/h9-10,12-13H,7-8H2,1-6H3/t10-,12-,13+/m0/s1. The molecule has 2 bridgehead atoms. The largest absolute Gasteiger partial charge is 0.383 e. The van der Waals surface area contributed by atoms with Crippen LogP contribution in [0.3, 0.4) is 0 Å². The third kappa shape index (κ3) is 1.99. The number of hydrogen-bond donors (Lipinski definition) is 0. The molecular weight excluding hydrogens is 224 g/mol. The summed E-state index contributed by atoms with van der Waals surface area (Å²) in [5.41, 5.74) is 1.14. The van der Waals surface area contributed by atoms with Crippen LogP contribution < -0.4 is 0 Å². The number of hydrogen-bond acceptors (Lipinski definition) is 3. The number of rotatable bonds is 2. The van der Waals surface area contributed by atoms with Crippen LogP contribution in [0.25, 0.3) is 0 Å². The molecule has 0 aromatic carbocycles. The fourth-order valence-corrected chi connectivity index (χ4v) is 3.76. The Morgan fingerprint density at radius 1 is 1.39 bits per heavy atom. The van der Waals surface area contributed by atoms with E-state index < -0.39 is 0 Å². The minimum atomic E-state index is 0.0827. The molecule has 0 unspecified atom stereocenters. The van der Waals surface area contributed by atoms with Crippen molar-refractivity contribution in [3.05, 3.63) is 11.8 Å². The monoisotopic (exact) mass is 250 g/mol. The molecule has 18 heavy (non-hydrogen) atoms. The summed E-state index contributed by atoms with van der Waals surface area (Å²) >= 11 is 0. The molecule has 1 aliphatic carbocycles. The van der Waals surface area contributed by atoms with E-state index in [9.17, 15) is 4.79 Å². The summed E-state index contributed by atoms with van der Waals surface area (Å²) in [5.74, 6) is 0.794. The Hall–Kier alpha value is -0.830. The van der Waals surface area contributed by atoms with Gasteiger partial charge in [0.2, 0.25) is 0 Å². The zero-order chi connectivity index (χ0) is 13.7. The van der Waals surface area contributed by atoms with Crippen LogP contribution in [0.15, 0.2) is 11.8 Å². The van der Waals surface area contributed by atoms with Gasteiger partial charge in [0.05, 0.1) is 6.04 Å². The van der Waals surface area contributed by atoms with Crippen molar-refractivity contribution in [3.8, 4) is 0 Å². The molecule has 0 amide bonds. The molecule has 0 N–H and O–H groups in total. The van der Waals surface area contributed by atoms with Crippen molar-refractivity contribution >= 4 is 5.78 Å². The fraction of sp³-hybridized carbons (Fsp3) is 0.800. The number of piperidine rings is 1. The lowest BCUT2D eigenvalue weighted by Crippen LogP contribution is -2.55. The average Bonchev–Trinajstić information content (AvgIpc) is 2.74. The van der Waals surface area contributed by atoms with Gasteiger partial charge in [0.25, 0.3) is 0 Å². The molecule has 2 aliphatic rings. The molecule has 2 fully saturated rings. The highest BCUT2D eigenvalue weighted by Gasteiger charge is 2.55. The molecular formula is C15H26N2O. The van der Waals surface area contributed by atoms with Crippen molar-refractivity contribution in [2.75, 3.05) is 14.1 Å². The van der Waals surface area contributed by atoms with Crippen molar-refractivity contribution < 1.29 is 4.79 Å². The molecule has 1 aliphatic heterocycles. The van der Waals surface area contributed by atoms with Crippen LogP contribution in [0, 0.1) is 5.92 Å². The van der Waals surface area contributed by atoms with Gasteiger partial charge in [-0.15, -0.1) is 0 Å². The van der Waals surface area contributed by atoms with Crippen LogP contribution in [0.5, 0.6) is 0 Å². The van der Waals surface area contributed by atoms with Gasteiger partial charge in [-0.1, -0.05) is 6.92 Å². The predicted octanol–water partition coefficient (Wildman–Crippen LogP) is 2.28. The second-order valence-electron chi connectivity index (χ2n) is 6.82. The molecule has 0 aromatic rings. The molecule has 102 valence electrons. The van der Waals surface area contributed by atoms with E-state index >= 15 is 0 Å². The molecule has 1 saturated heterocycles. The van der Waals surface area contributed by atoms with E-state index in [4.69, 9.17) is 0 Å². The zero-order valence-electron chi connectivity index (χ0n) is 12.5. The Morgan fingerprint density at radius 2 is 2.00 bits per heavy atom. The smallest absolute Gasteiger partial charge is 0.177 e. The van der Waals surface area contributed by atoms with E-state index in [0.29, 0.717) is 17.7 Å². The second-order valence-corrected chi connectivity index (χ2v) is 6.82. The zero-order valence-corrected chi connectivity index (χ0v) is 12.5. The normalized spacial score (nSPS) is 34.7. The van der Waals surface area contributed by atoms with E-state index in [2.05, 4.69) is 32.6 Å². The van der Waals surface area contributed by atoms with E-state index in [-0.39, 0.29) is 11.6 Å². The summed E-state index contributed by atoms with van der Waals surface area (Å²) in [6.07, 6.45) is 4.18. The fourth-order valence-electron chi connectivity index (χ4n) is 3.76. The summed E-state index contributed by atoms with van der Waals surface area (Å²) in [4.78, 5) is 16.9. The van der Waals surface area contributed by atoms with Crippen molar-refractivity contribution in [3.63, 3.8) is 0 Å². The molecule has 1 heterocycles. The first kappa shape index (κ1) is 13.6. The second kappa shape index (κ2) is 4.37. The average molecular weight is 250 g/mol. The Labute approximate surface area is 111 Å². The number of likely N-dealkylation sites (tertiary alicyclic amines) is 1. The number of ketones is 1. The number of Topliss-reactive ketones (excluding diaryl/α,β-unsaturated/α-hetero) is 1. The van der Waals surface area contributed by atoms with Gasteiger partial charge >= 0.3 is 0 Å². The van der Waals surface area contributed by atoms with Crippen LogP contribution in [-0.2, 0) is 4.79 Å². The molecule has 3 nitrogen and oxygen atoms in total. The van der Waals surface area contributed by atoms with Crippen molar-refractivity contribution in [1.82, 2.24) is 9.80 Å². The number of nitrogens with zero attached hydrogens (tertiary/aromatic N) is 2. The number of fused-ring (bicyclic) bond motifs is 2. The van der Waals surface area contributed by atoms with Gasteiger partial charge in [0.15, 0.2) is 5.78 Å². The van der Waals surface area contributed by atoms with E-state index in [1.807, 2.05) is 25.2 Å². The maximum absolute atomic E-state index is 12.5. The third-order valence-electron chi connectivity index (χ3n) is 4.21. The topological polar surface area (TPSA) is 23.6 Å². The van der Waals surface area contributed by atoms with E-state index in [1.54, 1.807) is 0 Å². The van der Waals surface area contributed by atoms with Crippen molar-refractivity contribution in [1.29, 1.82) is 0 Å². The summed E-state index contributed by atoms with van der Waals surface area (Å²) in [5, 5.41) is 0. The first-order chi connectivity index (χ1) is 8.27. The molecule has 2 rings (SSSR count). The third-order valence-corrected chi connectivity index (χ3v) is 4.21. The van der Waals surface area contributed by atoms with E-state index in [0.717, 1.165) is 18.4 Å². The highest BCUT2D eigenvalue weighted by Crippen LogP contribution is 2.47. The first-order valence-electron chi connectivity index (χ1n) is 6.98. The van der Waals surface area contributed by atoms with Crippen molar-refractivity contribution in [2.45, 2.75) is 58.2 Å². The summed E-state index contributed by atoms with van der Waals surface area (Å²) < 4.78 is 0. The SMILES string of the molecule is CC[C@H]1[C@H]2C[C@H](C(=O)C2=CN(C)C)N1C(C)(C)C. The Bertz CT molecular complexity index is 378. The van der Waals surface area contributed by atoms with Gasteiger partial charge < -0.3 is 4.90 Å². The number of carbonyl (C=O) groups is 1. The summed E-state index contributed by atoms with van der Waals surface area (Å²) in [7, 11) is 3.99. The Morgan fingerprint density at radius 3 is 2.44 bits per heavy atom. The van der Waals surface area contributed by atoms with Crippen LogP contribution in [0.4, 0.5) is 0 Å². The van der Waals surface area contributed by atoms with Crippen LogP contribution in [-0.4, -0.2) is 47.3 Å². The van der Waals surface area contributed by atoms with Gasteiger partial charge in [-0.25, -0.2) is 0 Å². The summed E-state index contributed by atoms with van der Waals surface area (Å²) in [6, 6.07) is 0.644. The Kier molecular flexibility index (Phi) is 3.30. The quantitative estimate of drug-likeness (QED) is 0.703. The lowest BCUT2D eigenvalue weighted by atomic mass is 9.88.